The molecule has 7 atom stereocenters. The zero-order chi connectivity index (χ0) is 27.7. The van der Waals surface area contributed by atoms with Crippen molar-refractivity contribution < 1.29 is 23.9 Å². The number of imide groups is 1. The van der Waals surface area contributed by atoms with Gasteiger partial charge in [0.2, 0.25) is 11.8 Å². The number of thioether (sulfide) groups is 1. The fourth-order valence-corrected chi connectivity index (χ4v) is 10.4. The third-order valence-electron chi connectivity index (χ3n) is 8.71. The predicted molar refractivity (Wildman–Crippen MR) is 151 cm³/mol. The molecule has 0 spiro atoms. The Morgan fingerprint density at radius 2 is 1.77 bits per heavy atom. The molecule has 6 unspecified atom stereocenters. The van der Waals surface area contributed by atoms with Gasteiger partial charge in [-0.2, -0.15) is 0 Å². The first kappa shape index (κ1) is 25.9. The van der Waals surface area contributed by atoms with Crippen molar-refractivity contribution in [2.75, 3.05) is 18.1 Å². The van der Waals surface area contributed by atoms with E-state index in [0.29, 0.717) is 16.5 Å². The van der Waals surface area contributed by atoms with Crippen LogP contribution >= 0.6 is 34.7 Å². The molecule has 0 radical (unpaired) electrons. The van der Waals surface area contributed by atoms with Crippen LogP contribution < -0.4 is 14.5 Å². The third kappa shape index (κ3) is 3.87. The van der Waals surface area contributed by atoms with Crippen LogP contribution in [0, 0.1) is 29.6 Å². The maximum Gasteiger partial charge on any atom is 0.344 e. The summed E-state index contributed by atoms with van der Waals surface area (Å²) in [6.07, 6.45) is 0.783. The molecule has 11 heteroatoms. The van der Waals surface area contributed by atoms with E-state index in [4.69, 9.17) is 21.1 Å². The number of halogens is 1. The minimum atomic E-state index is -0.457. The van der Waals surface area contributed by atoms with Gasteiger partial charge in [0.25, 0.3) is 0 Å². The number of aromatic amines is 1. The van der Waals surface area contributed by atoms with E-state index in [1.54, 1.807) is 43.0 Å². The van der Waals surface area contributed by atoms with Crippen molar-refractivity contribution in [2.24, 2.45) is 29.6 Å². The second kappa shape index (κ2) is 9.78. The topological polar surface area (TPSA) is 106 Å². The van der Waals surface area contributed by atoms with Crippen LogP contribution in [0.4, 0.5) is 5.69 Å². The number of rotatable bonds is 6. The highest BCUT2D eigenvalue weighted by Crippen LogP contribution is 2.69. The molecule has 2 bridgehead atoms. The lowest BCUT2D eigenvalue weighted by Gasteiger charge is -2.43. The number of carbonyl (C=O) groups is 3. The Labute approximate surface area is 243 Å². The van der Waals surface area contributed by atoms with Crippen LogP contribution in [0.3, 0.4) is 0 Å². The van der Waals surface area contributed by atoms with Crippen LogP contribution in [0.25, 0.3) is 0 Å². The summed E-state index contributed by atoms with van der Waals surface area (Å²) in [5.74, 6) is -1.24. The van der Waals surface area contributed by atoms with Crippen molar-refractivity contribution >= 4 is 58.2 Å². The predicted octanol–water partition coefficient (Wildman–Crippen LogP) is 4.71. The van der Waals surface area contributed by atoms with E-state index in [1.165, 1.54) is 16.2 Å². The summed E-state index contributed by atoms with van der Waals surface area (Å²) in [6, 6.07) is 14.4. The maximum atomic E-state index is 13.9. The first-order valence-corrected chi connectivity index (χ1v) is 15.3. The molecule has 3 fully saturated rings. The second-order valence-electron chi connectivity index (χ2n) is 10.6. The number of carbonyl (C=O) groups excluding carboxylic acids is 3. The number of ether oxygens (including phenoxy) is 2. The van der Waals surface area contributed by atoms with Gasteiger partial charge in [-0.05, 0) is 61.4 Å². The van der Waals surface area contributed by atoms with E-state index in [2.05, 4.69) is 4.98 Å². The summed E-state index contributed by atoms with van der Waals surface area (Å²) in [5.41, 5.74) is 1.41. The Morgan fingerprint density at radius 3 is 2.52 bits per heavy atom. The summed E-state index contributed by atoms with van der Waals surface area (Å²) >= 11 is 8.88. The number of H-pyrrole nitrogens is 1. The number of hydrogen-bond acceptors (Lipinski definition) is 8. The highest BCUT2D eigenvalue weighted by molar-refractivity contribution is 8.00. The molecule has 3 heterocycles. The van der Waals surface area contributed by atoms with Crippen LogP contribution in [0.15, 0.2) is 58.4 Å². The smallest absolute Gasteiger partial charge is 0.344 e. The van der Waals surface area contributed by atoms with Gasteiger partial charge in [0.15, 0.2) is 6.61 Å². The van der Waals surface area contributed by atoms with Gasteiger partial charge in [-0.3, -0.25) is 19.3 Å². The van der Waals surface area contributed by atoms with Gasteiger partial charge >= 0.3 is 10.8 Å². The summed E-state index contributed by atoms with van der Waals surface area (Å²) < 4.78 is 11.0. The van der Waals surface area contributed by atoms with Crippen molar-refractivity contribution in [3.63, 3.8) is 0 Å². The highest BCUT2D eigenvalue weighted by atomic mass is 35.5. The largest absolute Gasteiger partial charge is 0.482 e. The molecule has 2 saturated carbocycles. The van der Waals surface area contributed by atoms with Crippen LogP contribution in [-0.2, 0) is 19.1 Å². The molecule has 206 valence electrons. The van der Waals surface area contributed by atoms with E-state index in [9.17, 15) is 19.2 Å². The monoisotopic (exact) mass is 596 g/mol. The number of nitrogens with zero attached hydrogens (tertiary/aromatic N) is 1. The van der Waals surface area contributed by atoms with E-state index < -0.39 is 11.9 Å². The molecule has 3 aromatic rings. The fourth-order valence-electron chi connectivity index (χ4n) is 7.42. The molecule has 1 aromatic heterocycles. The summed E-state index contributed by atoms with van der Waals surface area (Å²) in [7, 11) is 0. The quantitative estimate of drug-likeness (QED) is 0.324. The SMILES string of the molecule is CCOC(=O)COc1ccccc1[C@H]1c2sc(=O)[nH]c2SC2C3CC(C4C(=O)N(c5ccc(Cl)cc5)C(=O)C34)C21. The van der Waals surface area contributed by atoms with Crippen LogP contribution in [0.2, 0.25) is 5.02 Å². The minimum absolute atomic E-state index is 0.00501. The standard InChI is InChI=1S/C29H25ClN2O6S2/c1-2-37-19(33)12-38-18-6-4-3-5-15(18)20-21-16-11-17(24(21)39-26-25(20)40-29(36)31-26)23-22(16)27(34)32(28(23)35)14-9-7-13(30)8-10-14/h3-10,16-17,20-24H,2,11-12H2,1H3,(H,31,36)/t16?,17?,20-,21?,22?,23?,24?/m1/s1. The number of anilines is 1. The lowest BCUT2D eigenvalue weighted by Crippen LogP contribution is -2.42. The molecule has 4 aliphatic rings. The van der Waals surface area contributed by atoms with Gasteiger partial charge in [-0.1, -0.05) is 41.1 Å². The zero-order valence-electron chi connectivity index (χ0n) is 21.4. The number of aromatic nitrogens is 1. The van der Waals surface area contributed by atoms with E-state index >= 15 is 0 Å². The zero-order valence-corrected chi connectivity index (χ0v) is 23.8. The number of fused-ring (bicyclic) bond motifs is 9. The Hall–Kier alpha value is -3.08. The number of thiazole rings is 1. The van der Waals surface area contributed by atoms with Gasteiger partial charge in [0.1, 0.15) is 5.75 Å². The molecule has 1 saturated heterocycles. The Kier molecular flexibility index (Phi) is 6.32. The molecule has 2 aromatic carbocycles. The lowest BCUT2D eigenvalue weighted by atomic mass is 9.68. The number of esters is 1. The van der Waals surface area contributed by atoms with Gasteiger partial charge in [0, 0.05) is 26.6 Å². The summed E-state index contributed by atoms with van der Waals surface area (Å²) in [5, 5.41) is 1.41. The minimum Gasteiger partial charge on any atom is -0.482 e. The van der Waals surface area contributed by atoms with Crippen molar-refractivity contribution in [1.82, 2.24) is 4.98 Å². The molecular formula is C29H25ClN2O6S2. The average Bonchev–Trinajstić information content (AvgIpc) is 3.67. The van der Waals surface area contributed by atoms with E-state index in [0.717, 1.165) is 21.9 Å². The summed E-state index contributed by atoms with van der Waals surface area (Å²) in [4.78, 5) is 57.4. The Bertz CT molecular complexity index is 1590. The number of amides is 2. The second-order valence-corrected chi connectivity index (χ2v) is 13.2. The number of nitrogens with one attached hydrogen (secondary N) is 1. The van der Waals surface area contributed by atoms with Gasteiger partial charge in [-0.15, -0.1) is 11.8 Å². The molecule has 1 N–H and O–H groups in total. The molecule has 2 amide bonds. The average molecular weight is 597 g/mol. The van der Waals surface area contributed by atoms with E-state index in [1.807, 2.05) is 24.3 Å². The Balaban J connectivity index is 1.28. The molecular weight excluding hydrogens is 572 g/mol. The number of hydrogen-bond donors (Lipinski definition) is 1. The number of benzene rings is 2. The van der Waals surface area contributed by atoms with Gasteiger partial charge < -0.3 is 14.5 Å². The first-order valence-electron chi connectivity index (χ1n) is 13.3. The van der Waals surface area contributed by atoms with Crippen molar-refractivity contribution in [2.45, 2.75) is 29.5 Å². The lowest BCUT2D eigenvalue weighted by molar-refractivity contribution is -0.145. The highest BCUT2D eigenvalue weighted by Gasteiger charge is 2.69. The normalized spacial score (nSPS) is 29.8. The summed E-state index contributed by atoms with van der Waals surface area (Å²) in [6.45, 7) is 1.78. The number of para-hydroxylation sites is 1. The van der Waals surface area contributed by atoms with Crippen LogP contribution in [0.1, 0.15) is 29.7 Å². The maximum absolute atomic E-state index is 13.9. The first-order chi connectivity index (χ1) is 19.4. The van der Waals surface area contributed by atoms with Crippen LogP contribution in [-0.4, -0.2) is 41.2 Å². The molecule has 8 nitrogen and oxygen atoms in total. The van der Waals surface area contributed by atoms with E-state index in [-0.39, 0.29) is 64.7 Å². The van der Waals surface area contributed by atoms with Gasteiger partial charge in [0.05, 0.1) is 29.2 Å². The third-order valence-corrected chi connectivity index (χ3v) is 11.6. The molecule has 40 heavy (non-hydrogen) atoms. The van der Waals surface area contributed by atoms with Crippen LogP contribution in [0.5, 0.6) is 5.75 Å². The van der Waals surface area contributed by atoms with Gasteiger partial charge in [-0.25, -0.2) is 4.79 Å². The molecule has 2 aliphatic carbocycles. The molecule has 2 aliphatic heterocycles. The fraction of sp³-hybridized carbons (Fsp3) is 0.379. The van der Waals surface area contributed by atoms with Crippen molar-refractivity contribution in [3.05, 3.63) is 73.7 Å². The van der Waals surface area contributed by atoms with Crippen molar-refractivity contribution in [1.29, 1.82) is 0 Å². The molecule has 7 rings (SSSR count). The Morgan fingerprint density at radius 1 is 1.05 bits per heavy atom. The van der Waals surface area contributed by atoms with Crippen molar-refractivity contribution in [3.8, 4) is 5.75 Å².